The van der Waals surface area contributed by atoms with Gasteiger partial charge in [0.05, 0.1) is 17.3 Å². The Bertz CT molecular complexity index is 834. The van der Waals surface area contributed by atoms with Crippen LogP contribution in [-0.2, 0) is 6.42 Å². The summed E-state index contributed by atoms with van der Waals surface area (Å²) in [6, 6.07) is 2.56. The van der Waals surface area contributed by atoms with Crippen LogP contribution in [-0.4, -0.2) is 30.2 Å². The van der Waals surface area contributed by atoms with Crippen molar-refractivity contribution in [2.24, 2.45) is 0 Å². The summed E-state index contributed by atoms with van der Waals surface area (Å²) in [7, 11) is 0. The highest BCUT2D eigenvalue weighted by atomic mass is 16.3. The molecule has 122 valence electrons. The van der Waals surface area contributed by atoms with Crippen molar-refractivity contribution in [3.05, 3.63) is 24.3 Å². The molecule has 4 rings (SSSR count). The van der Waals surface area contributed by atoms with Gasteiger partial charge in [-0.05, 0) is 32.8 Å². The highest BCUT2D eigenvalue weighted by Gasteiger charge is 2.26. The van der Waals surface area contributed by atoms with Crippen LogP contribution in [0.3, 0.4) is 0 Å². The third-order valence-corrected chi connectivity index (χ3v) is 4.84. The first-order valence-corrected chi connectivity index (χ1v) is 8.58. The van der Waals surface area contributed by atoms with E-state index in [0.29, 0.717) is 12.5 Å². The number of hydrogen-bond acceptors (Lipinski definition) is 3. The molecule has 3 heterocycles. The molecule has 1 aliphatic rings. The molecule has 0 radical (unpaired) electrons. The first kappa shape index (κ1) is 14.7. The number of H-pyrrole nitrogens is 1. The fraction of sp³-hybridized carbons (Fsp3) is 0.556. The second kappa shape index (κ2) is 5.34. The Morgan fingerprint density at radius 2 is 2.09 bits per heavy atom. The molecule has 5 nitrogen and oxygen atoms in total. The zero-order valence-electron chi connectivity index (χ0n) is 13.8. The molecular formula is C18H24N4O. The molecule has 1 saturated carbocycles. The Balaban J connectivity index is 1.96. The summed E-state index contributed by atoms with van der Waals surface area (Å²) in [5.74, 6) is 0.981. The third kappa shape index (κ3) is 2.63. The number of aromatic nitrogens is 4. The highest BCUT2D eigenvalue weighted by molar-refractivity contribution is 6.01. The fourth-order valence-electron chi connectivity index (χ4n) is 3.88. The number of rotatable bonds is 3. The van der Waals surface area contributed by atoms with Gasteiger partial charge < -0.3 is 14.7 Å². The monoisotopic (exact) mass is 312 g/mol. The molecule has 3 aromatic heterocycles. The number of hydrogen-bond donors (Lipinski definition) is 2. The zero-order chi connectivity index (χ0) is 16.0. The van der Waals surface area contributed by atoms with E-state index >= 15 is 0 Å². The van der Waals surface area contributed by atoms with Gasteiger partial charge in [0, 0.05) is 24.0 Å². The van der Waals surface area contributed by atoms with Crippen LogP contribution in [0.4, 0.5) is 0 Å². The summed E-state index contributed by atoms with van der Waals surface area (Å²) in [5.41, 5.74) is 2.24. The number of fused-ring (bicyclic) bond motifs is 3. The van der Waals surface area contributed by atoms with Gasteiger partial charge in [-0.1, -0.05) is 19.3 Å². The molecule has 3 aromatic rings. The fourth-order valence-corrected chi connectivity index (χ4v) is 3.88. The lowest BCUT2D eigenvalue weighted by molar-refractivity contribution is 0.0772. The minimum absolute atomic E-state index is 0.478. The molecule has 23 heavy (non-hydrogen) atoms. The quantitative estimate of drug-likeness (QED) is 0.774. The van der Waals surface area contributed by atoms with Crippen molar-refractivity contribution in [1.29, 1.82) is 0 Å². The van der Waals surface area contributed by atoms with Crippen LogP contribution in [0.2, 0.25) is 0 Å². The van der Waals surface area contributed by atoms with Crippen molar-refractivity contribution in [3.8, 4) is 0 Å². The first-order chi connectivity index (χ1) is 11.0. The average molecular weight is 312 g/mol. The Morgan fingerprint density at radius 3 is 2.83 bits per heavy atom. The van der Waals surface area contributed by atoms with Gasteiger partial charge >= 0.3 is 0 Å². The Morgan fingerprint density at radius 1 is 1.30 bits per heavy atom. The second-order valence-electron chi connectivity index (χ2n) is 7.41. The number of imidazole rings is 1. The van der Waals surface area contributed by atoms with Crippen molar-refractivity contribution >= 4 is 22.1 Å². The molecule has 0 unspecified atom stereocenters. The van der Waals surface area contributed by atoms with E-state index in [2.05, 4.69) is 20.6 Å². The van der Waals surface area contributed by atoms with Crippen molar-refractivity contribution in [2.45, 2.75) is 64.0 Å². The molecule has 0 saturated heterocycles. The number of aromatic amines is 1. The summed E-state index contributed by atoms with van der Waals surface area (Å²) in [4.78, 5) is 12.5. The number of aliphatic hydroxyl groups is 1. The van der Waals surface area contributed by atoms with E-state index in [1.165, 1.54) is 37.6 Å². The predicted molar refractivity (Wildman–Crippen MR) is 91.5 cm³/mol. The maximum absolute atomic E-state index is 10.3. The van der Waals surface area contributed by atoms with Crippen molar-refractivity contribution in [1.82, 2.24) is 19.5 Å². The van der Waals surface area contributed by atoms with Crippen LogP contribution in [0.25, 0.3) is 22.1 Å². The van der Waals surface area contributed by atoms with Gasteiger partial charge in [0.1, 0.15) is 17.0 Å². The molecule has 1 fully saturated rings. The Kier molecular flexibility index (Phi) is 3.41. The van der Waals surface area contributed by atoms with E-state index in [4.69, 9.17) is 4.98 Å². The molecule has 0 amide bonds. The van der Waals surface area contributed by atoms with Crippen LogP contribution in [0.5, 0.6) is 0 Å². The van der Waals surface area contributed by atoms with E-state index in [1.807, 2.05) is 26.2 Å². The predicted octanol–water partition coefficient (Wildman–Crippen LogP) is 3.73. The van der Waals surface area contributed by atoms with E-state index in [1.54, 1.807) is 0 Å². The lowest BCUT2D eigenvalue weighted by Crippen LogP contribution is -2.26. The van der Waals surface area contributed by atoms with Gasteiger partial charge in [-0.15, -0.1) is 0 Å². The van der Waals surface area contributed by atoms with Gasteiger partial charge in [-0.25, -0.2) is 9.97 Å². The number of pyridine rings is 1. The van der Waals surface area contributed by atoms with Gasteiger partial charge in [0.15, 0.2) is 0 Å². The molecular weight excluding hydrogens is 288 g/mol. The van der Waals surface area contributed by atoms with Crippen LogP contribution < -0.4 is 0 Å². The summed E-state index contributed by atoms with van der Waals surface area (Å²) in [5, 5.41) is 11.4. The molecule has 5 heteroatoms. The first-order valence-electron chi connectivity index (χ1n) is 8.58. The maximum Gasteiger partial charge on any atom is 0.139 e. The summed E-state index contributed by atoms with van der Waals surface area (Å²) in [6.45, 7) is 3.70. The minimum atomic E-state index is -0.765. The van der Waals surface area contributed by atoms with Gasteiger partial charge in [-0.2, -0.15) is 0 Å². The molecule has 2 N–H and O–H groups in total. The van der Waals surface area contributed by atoms with E-state index in [9.17, 15) is 5.11 Å². The van der Waals surface area contributed by atoms with Crippen molar-refractivity contribution < 1.29 is 5.11 Å². The van der Waals surface area contributed by atoms with Crippen molar-refractivity contribution in [3.63, 3.8) is 0 Å². The average Bonchev–Trinajstić information content (AvgIpc) is 3.09. The lowest BCUT2D eigenvalue weighted by Gasteiger charge is -2.27. The smallest absolute Gasteiger partial charge is 0.139 e. The topological polar surface area (TPSA) is 66.7 Å². The second-order valence-corrected chi connectivity index (χ2v) is 7.41. The van der Waals surface area contributed by atoms with Crippen LogP contribution >= 0.6 is 0 Å². The summed E-state index contributed by atoms with van der Waals surface area (Å²) in [6.07, 6.45) is 10.6. The Labute approximate surface area is 135 Å². The summed E-state index contributed by atoms with van der Waals surface area (Å²) >= 11 is 0. The number of nitrogens with one attached hydrogen (secondary N) is 1. The van der Waals surface area contributed by atoms with E-state index in [0.717, 1.165) is 22.4 Å². The zero-order valence-corrected chi connectivity index (χ0v) is 13.8. The normalized spacial score (nSPS) is 17.3. The molecule has 0 aromatic carbocycles. The standard InChI is InChI=1S/C18H24N4O/c1-18(2,23)10-15-21-14-11-20-17-13(8-9-19-17)16(14)22(15)12-6-4-3-5-7-12/h8-9,11-12,23H,3-7,10H2,1-2H3,(H,19,20). The van der Waals surface area contributed by atoms with Crippen molar-refractivity contribution in [2.75, 3.05) is 0 Å². The van der Waals surface area contributed by atoms with E-state index < -0.39 is 5.60 Å². The van der Waals surface area contributed by atoms with Gasteiger partial charge in [-0.3, -0.25) is 0 Å². The number of nitrogens with zero attached hydrogens (tertiary/aromatic N) is 3. The molecule has 0 aliphatic heterocycles. The summed E-state index contributed by atoms with van der Waals surface area (Å²) < 4.78 is 2.39. The van der Waals surface area contributed by atoms with E-state index in [-0.39, 0.29) is 0 Å². The van der Waals surface area contributed by atoms with Gasteiger partial charge in [0.25, 0.3) is 0 Å². The molecule has 0 bridgehead atoms. The third-order valence-electron chi connectivity index (χ3n) is 4.84. The lowest BCUT2D eigenvalue weighted by atomic mass is 9.94. The Hall–Kier alpha value is -1.88. The highest BCUT2D eigenvalue weighted by Crippen LogP contribution is 2.35. The minimum Gasteiger partial charge on any atom is -0.390 e. The SMILES string of the molecule is CC(C)(O)Cc1nc2cnc3[nH]ccc3c2n1C1CCCCC1. The maximum atomic E-state index is 10.3. The molecule has 0 atom stereocenters. The van der Waals surface area contributed by atoms with Crippen LogP contribution in [0, 0.1) is 0 Å². The molecule has 1 aliphatic carbocycles. The van der Waals surface area contributed by atoms with Crippen LogP contribution in [0.15, 0.2) is 18.5 Å². The molecule has 0 spiro atoms. The van der Waals surface area contributed by atoms with Crippen LogP contribution in [0.1, 0.15) is 57.8 Å². The largest absolute Gasteiger partial charge is 0.390 e. The van der Waals surface area contributed by atoms with Gasteiger partial charge in [0.2, 0.25) is 0 Å².